The number of benzene rings is 1. The monoisotopic (exact) mass is 338 g/mol. The van der Waals surface area contributed by atoms with Crippen LogP contribution in [0.3, 0.4) is 0 Å². The summed E-state index contributed by atoms with van der Waals surface area (Å²) in [4.78, 5) is 22.6. The van der Waals surface area contributed by atoms with Crippen molar-refractivity contribution in [2.75, 3.05) is 0 Å². The van der Waals surface area contributed by atoms with Crippen LogP contribution in [0.1, 0.15) is 36.8 Å². The van der Waals surface area contributed by atoms with E-state index in [9.17, 15) is 14.7 Å². The Kier molecular flexibility index (Phi) is 4.28. The van der Waals surface area contributed by atoms with Gasteiger partial charge in [0.25, 0.3) is 4.51 Å². The third kappa shape index (κ3) is 2.93. The van der Waals surface area contributed by atoms with Crippen LogP contribution < -0.4 is 0 Å². The summed E-state index contributed by atoms with van der Waals surface area (Å²) < 4.78 is 3.13. The van der Waals surface area contributed by atoms with Crippen LogP contribution in [-0.4, -0.2) is 17.0 Å². The topological polar surface area (TPSA) is 63.6 Å². The molecule has 4 nitrogen and oxygen atoms in total. The summed E-state index contributed by atoms with van der Waals surface area (Å²) in [7, 11) is 0. The Hall–Kier alpha value is -1.62. The van der Waals surface area contributed by atoms with Crippen molar-refractivity contribution >= 4 is 27.9 Å². The van der Waals surface area contributed by atoms with Gasteiger partial charge in [-0.25, -0.2) is 4.79 Å². The van der Waals surface area contributed by atoms with Gasteiger partial charge >= 0.3 is 11.9 Å². The van der Waals surface area contributed by atoms with E-state index >= 15 is 0 Å². The second-order valence-corrected chi connectivity index (χ2v) is 5.85. The van der Waals surface area contributed by atoms with E-state index in [0.29, 0.717) is 5.56 Å². The fourth-order valence-electron chi connectivity index (χ4n) is 2.30. The molecule has 0 aliphatic heterocycles. The number of allylic oxidation sites excluding steroid dienone is 2. The third-order valence-electron chi connectivity index (χ3n) is 3.26. The molecule has 0 fully saturated rings. The SMILES string of the molecule is CC(=O)O[C@](Br)(C(=O)O)c1cccc([C@@H]2C=CCC2)c1. The summed E-state index contributed by atoms with van der Waals surface area (Å²) in [5.41, 5.74) is 1.42. The smallest absolute Gasteiger partial charge is 0.364 e. The summed E-state index contributed by atoms with van der Waals surface area (Å²) >= 11 is 3.04. The molecular weight excluding hydrogens is 324 g/mol. The number of carbonyl (C=O) groups is 2. The minimum absolute atomic E-state index is 0.290. The van der Waals surface area contributed by atoms with E-state index in [2.05, 4.69) is 28.1 Å². The third-order valence-corrected chi connectivity index (χ3v) is 4.22. The van der Waals surface area contributed by atoms with E-state index < -0.39 is 16.4 Å². The highest BCUT2D eigenvalue weighted by Crippen LogP contribution is 2.36. The van der Waals surface area contributed by atoms with Crippen molar-refractivity contribution in [1.82, 2.24) is 0 Å². The van der Waals surface area contributed by atoms with Crippen molar-refractivity contribution in [2.45, 2.75) is 30.2 Å². The van der Waals surface area contributed by atoms with E-state index in [1.54, 1.807) is 18.2 Å². The Bertz CT molecular complexity index is 567. The second kappa shape index (κ2) is 5.79. The fourth-order valence-corrected chi connectivity index (χ4v) is 2.78. The molecule has 0 unspecified atom stereocenters. The van der Waals surface area contributed by atoms with Gasteiger partial charge in [0, 0.05) is 18.4 Å². The van der Waals surface area contributed by atoms with Crippen molar-refractivity contribution in [2.24, 2.45) is 0 Å². The van der Waals surface area contributed by atoms with E-state index in [4.69, 9.17) is 4.74 Å². The van der Waals surface area contributed by atoms with Gasteiger partial charge < -0.3 is 9.84 Å². The molecule has 0 heterocycles. The maximum absolute atomic E-state index is 11.5. The highest BCUT2D eigenvalue weighted by Gasteiger charge is 2.41. The van der Waals surface area contributed by atoms with Crippen molar-refractivity contribution in [1.29, 1.82) is 0 Å². The normalized spacial score (nSPS) is 20.4. The molecular formula is C15H15BrO4. The second-order valence-electron chi connectivity index (χ2n) is 4.73. The Balaban J connectivity index is 2.38. The molecule has 0 amide bonds. The lowest BCUT2D eigenvalue weighted by molar-refractivity contribution is -0.166. The maximum atomic E-state index is 11.5. The van der Waals surface area contributed by atoms with Gasteiger partial charge in [-0.1, -0.05) is 30.4 Å². The van der Waals surface area contributed by atoms with Crippen molar-refractivity contribution in [3.8, 4) is 0 Å². The first-order valence-corrected chi connectivity index (χ1v) is 7.12. The highest BCUT2D eigenvalue weighted by atomic mass is 79.9. The van der Waals surface area contributed by atoms with Gasteiger partial charge in [-0.2, -0.15) is 0 Å². The first kappa shape index (κ1) is 14.8. The summed E-state index contributed by atoms with van der Waals surface area (Å²) in [6, 6.07) is 7.13. The Labute approximate surface area is 125 Å². The standard InChI is InChI=1S/C15H15BrO4/c1-10(17)20-15(16,14(18)19)13-8-4-7-12(9-13)11-5-2-3-6-11/h2,4-5,7-9,11H,3,6H2,1H3,(H,18,19)/t11-,15+/m1/s1. The number of ether oxygens (including phenoxy) is 1. The number of esters is 1. The molecule has 0 bridgehead atoms. The molecule has 1 aliphatic carbocycles. The quantitative estimate of drug-likeness (QED) is 0.519. The minimum Gasteiger partial charge on any atom is -0.477 e. The van der Waals surface area contributed by atoms with Crippen LogP contribution in [0.15, 0.2) is 36.4 Å². The number of hydrogen-bond donors (Lipinski definition) is 1. The van der Waals surface area contributed by atoms with Crippen LogP contribution in [-0.2, 0) is 18.8 Å². The molecule has 1 aromatic rings. The van der Waals surface area contributed by atoms with E-state index in [1.165, 1.54) is 6.92 Å². The zero-order chi connectivity index (χ0) is 14.8. The zero-order valence-corrected chi connectivity index (χ0v) is 12.6. The van der Waals surface area contributed by atoms with Gasteiger partial charge in [0.15, 0.2) is 0 Å². The van der Waals surface area contributed by atoms with Crippen LogP contribution in [0.25, 0.3) is 0 Å². The van der Waals surface area contributed by atoms with Crippen molar-refractivity contribution in [3.05, 3.63) is 47.5 Å². The first-order valence-electron chi connectivity index (χ1n) is 6.32. The number of rotatable bonds is 4. The average Bonchev–Trinajstić information content (AvgIpc) is 2.91. The van der Waals surface area contributed by atoms with Gasteiger partial charge in [0.1, 0.15) is 0 Å². The van der Waals surface area contributed by atoms with E-state index in [0.717, 1.165) is 18.4 Å². The van der Waals surface area contributed by atoms with Gasteiger partial charge in [-0.3, -0.25) is 4.79 Å². The maximum Gasteiger partial charge on any atom is 0.364 e. The number of aliphatic carboxylic acids is 1. The molecule has 106 valence electrons. The minimum atomic E-state index is -1.84. The largest absolute Gasteiger partial charge is 0.477 e. The molecule has 0 aromatic heterocycles. The van der Waals surface area contributed by atoms with Crippen molar-refractivity contribution < 1.29 is 19.4 Å². The number of carboxylic acid groups (broad SMARTS) is 1. The summed E-state index contributed by atoms with van der Waals surface area (Å²) in [6.07, 6.45) is 6.26. The van der Waals surface area contributed by atoms with E-state index in [1.807, 2.05) is 6.07 Å². The number of alkyl halides is 1. The number of carboxylic acids is 1. The average molecular weight is 339 g/mol. The molecule has 1 aromatic carbocycles. The highest BCUT2D eigenvalue weighted by molar-refractivity contribution is 9.10. The Morgan fingerprint density at radius 3 is 2.75 bits per heavy atom. The predicted molar refractivity (Wildman–Crippen MR) is 77.6 cm³/mol. The molecule has 0 spiro atoms. The lowest BCUT2D eigenvalue weighted by Crippen LogP contribution is -2.34. The van der Waals surface area contributed by atoms with Gasteiger partial charge in [0.05, 0.1) is 0 Å². The Morgan fingerprint density at radius 2 is 2.20 bits per heavy atom. The van der Waals surface area contributed by atoms with Crippen LogP contribution >= 0.6 is 15.9 Å². The molecule has 0 saturated carbocycles. The molecule has 1 N–H and O–H groups in total. The van der Waals surface area contributed by atoms with Crippen LogP contribution in [0, 0.1) is 0 Å². The molecule has 1 aliphatic rings. The molecule has 0 radical (unpaired) electrons. The van der Waals surface area contributed by atoms with Crippen LogP contribution in [0.2, 0.25) is 0 Å². The number of carbonyl (C=O) groups excluding carboxylic acids is 1. The summed E-state index contributed by atoms with van der Waals surface area (Å²) in [5, 5.41) is 9.35. The zero-order valence-electron chi connectivity index (χ0n) is 11.0. The summed E-state index contributed by atoms with van der Waals surface area (Å²) in [5.74, 6) is -1.62. The summed E-state index contributed by atoms with van der Waals surface area (Å²) in [6.45, 7) is 1.18. The predicted octanol–water partition coefficient (Wildman–Crippen LogP) is 3.32. The Morgan fingerprint density at radius 1 is 1.45 bits per heavy atom. The molecule has 0 saturated heterocycles. The molecule has 5 heteroatoms. The van der Waals surface area contributed by atoms with Crippen LogP contribution in [0.4, 0.5) is 0 Å². The van der Waals surface area contributed by atoms with Gasteiger partial charge in [-0.15, -0.1) is 0 Å². The number of halogens is 1. The molecule has 2 atom stereocenters. The van der Waals surface area contributed by atoms with Crippen molar-refractivity contribution in [3.63, 3.8) is 0 Å². The van der Waals surface area contributed by atoms with Gasteiger partial charge in [-0.05, 0) is 40.4 Å². The van der Waals surface area contributed by atoms with Gasteiger partial charge in [0.2, 0.25) is 0 Å². The molecule has 20 heavy (non-hydrogen) atoms. The van der Waals surface area contributed by atoms with Crippen LogP contribution in [0.5, 0.6) is 0 Å². The first-order chi connectivity index (χ1) is 9.43. The fraction of sp³-hybridized carbons (Fsp3) is 0.333. The number of hydrogen-bond acceptors (Lipinski definition) is 3. The van der Waals surface area contributed by atoms with E-state index in [-0.39, 0.29) is 5.92 Å². The lowest BCUT2D eigenvalue weighted by atomic mass is 9.95. The lowest BCUT2D eigenvalue weighted by Gasteiger charge is -2.23. The molecule has 2 rings (SSSR count).